The zero-order chi connectivity index (χ0) is 21.0. The molecule has 0 unspecified atom stereocenters. The first kappa shape index (κ1) is 21.0. The zero-order valence-corrected chi connectivity index (χ0v) is 17.8. The van der Waals surface area contributed by atoms with Crippen LogP contribution in [-0.2, 0) is 16.0 Å². The van der Waals surface area contributed by atoms with E-state index >= 15 is 0 Å². The molecular weight excluding hydrogens is 388 g/mol. The molecule has 1 heterocycles. The number of benzene rings is 2. The van der Waals surface area contributed by atoms with E-state index in [1.54, 1.807) is 32.2 Å². The lowest BCUT2D eigenvalue weighted by Crippen LogP contribution is -2.19. The highest BCUT2D eigenvalue weighted by Gasteiger charge is 2.13. The van der Waals surface area contributed by atoms with Crippen molar-refractivity contribution in [1.29, 1.82) is 0 Å². The minimum Gasteiger partial charge on any atom is -0.462 e. The molecule has 0 fully saturated rings. The molecule has 1 amide bonds. The SMILES string of the molecule is CCOC(=O)c1ccc2c(c1)sc(=NC(=O)c1ccc(C)c(C)c1)n2CCOC. The Hall–Kier alpha value is -2.77. The van der Waals surface area contributed by atoms with Crippen molar-refractivity contribution in [2.24, 2.45) is 4.99 Å². The van der Waals surface area contributed by atoms with Crippen molar-refractivity contribution in [3.8, 4) is 0 Å². The number of aromatic nitrogens is 1. The molecule has 29 heavy (non-hydrogen) atoms. The first-order chi connectivity index (χ1) is 13.9. The Labute approximate surface area is 173 Å². The van der Waals surface area contributed by atoms with Crippen LogP contribution in [0.5, 0.6) is 0 Å². The Bertz CT molecular complexity index is 1130. The van der Waals surface area contributed by atoms with Crippen LogP contribution in [0.4, 0.5) is 0 Å². The Kier molecular flexibility index (Phi) is 6.61. The molecule has 1 aromatic heterocycles. The highest BCUT2D eigenvalue weighted by Crippen LogP contribution is 2.20. The predicted molar refractivity (Wildman–Crippen MR) is 113 cm³/mol. The van der Waals surface area contributed by atoms with Gasteiger partial charge in [0.15, 0.2) is 4.80 Å². The third-order valence-corrected chi connectivity index (χ3v) is 5.71. The van der Waals surface area contributed by atoms with E-state index in [0.29, 0.717) is 35.7 Å². The molecule has 3 rings (SSSR count). The summed E-state index contributed by atoms with van der Waals surface area (Å²) in [5.41, 5.74) is 4.10. The van der Waals surface area contributed by atoms with Crippen molar-refractivity contribution in [3.63, 3.8) is 0 Å². The van der Waals surface area contributed by atoms with E-state index in [2.05, 4.69) is 4.99 Å². The number of carbonyl (C=O) groups is 2. The maximum atomic E-state index is 12.8. The average molecular weight is 413 g/mol. The molecule has 2 aromatic carbocycles. The van der Waals surface area contributed by atoms with E-state index in [1.165, 1.54) is 11.3 Å². The third-order valence-electron chi connectivity index (χ3n) is 4.66. The maximum absolute atomic E-state index is 12.8. The minimum absolute atomic E-state index is 0.295. The molecule has 6 nitrogen and oxygen atoms in total. The molecule has 152 valence electrons. The van der Waals surface area contributed by atoms with Gasteiger partial charge >= 0.3 is 5.97 Å². The van der Waals surface area contributed by atoms with Crippen LogP contribution in [0.2, 0.25) is 0 Å². The number of fused-ring (bicyclic) bond motifs is 1. The number of hydrogen-bond acceptors (Lipinski definition) is 5. The number of ether oxygens (including phenoxy) is 2. The topological polar surface area (TPSA) is 69.9 Å². The molecule has 0 aliphatic carbocycles. The second-order valence-corrected chi connectivity index (χ2v) is 7.66. The van der Waals surface area contributed by atoms with Crippen LogP contribution in [0.1, 0.15) is 38.8 Å². The van der Waals surface area contributed by atoms with Gasteiger partial charge in [-0.1, -0.05) is 17.4 Å². The molecule has 7 heteroatoms. The number of carbonyl (C=O) groups excluding carboxylic acids is 2. The average Bonchev–Trinajstić information content (AvgIpc) is 3.04. The van der Waals surface area contributed by atoms with Crippen molar-refractivity contribution in [2.75, 3.05) is 20.3 Å². The maximum Gasteiger partial charge on any atom is 0.338 e. The minimum atomic E-state index is -0.365. The number of nitrogens with zero attached hydrogens (tertiary/aromatic N) is 2. The van der Waals surface area contributed by atoms with Crippen LogP contribution in [0, 0.1) is 13.8 Å². The van der Waals surface area contributed by atoms with Gasteiger partial charge in [0.1, 0.15) is 0 Å². The lowest BCUT2D eigenvalue weighted by Gasteiger charge is -2.05. The molecule has 0 saturated carbocycles. The van der Waals surface area contributed by atoms with Gasteiger partial charge in [0, 0.05) is 19.2 Å². The zero-order valence-electron chi connectivity index (χ0n) is 17.0. The molecular formula is C22H24N2O4S. The van der Waals surface area contributed by atoms with Gasteiger partial charge in [-0.2, -0.15) is 4.99 Å². The Morgan fingerprint density at radius 3 is 2.52 bits per heavy atom. The van der Waals surface area contributed by atoms with E-state index in [-0.39, 0.29) is 11.9 Å². The monoisotopic (exact) mass is 412 g/mol. The van der Waals surface area contributed by atoms with Crippen molar-refractivity contribution in [2.45, 2.75) is 27.3 Å². The Morgan fingerprint density at radius 2 is 1.83 bits per heavy atom. The third kappa shape index (κ3) is 4.63. The van der Waals surface area contributed by atoms with Crippen LogP contribution >= 0.6 is 11.3 Å². The van der Waals surface area contributed by atoms with Crippen LogP contribution in [0.25, 0.3) is 10.2 Å². The summed E-state index contributed by atoms with van der Waals surface area (Å²) in [5.74, 6) is -0.660. The molecule has 0 N–H and O–H groups in total. The fraction of sp³-hybridized carbons (Fsp3) is 0.318. The standard InChI is InChI=1S/C22H24N2O4S/c1-5-28-21(26)17-8-9-18-19(13-17)29-22(24(18)10-11-27-4)23-20(25)16-7-6-14(2)15(3)12-16/h6-9,12-13H,5,10-11H2,1-4H3. The first-order valence-electron chi connectivity index (χ1n) is 9.40. The van der Waals surface area contributed by atoms with E-state index in [1.807, 2.05) is 36.6 Å². The van der Waals surface area contributed by atoms with E-state index in [0.717, 1.165) is 21.3 Å². The van der Waals surface area contributed by atoms with Crippen molar-refractivity contribution in [3.05, 3.63) is 63.5 Å². The number of hydrogen-bond donors (Lipinski definition) is 0. The van der Waals surface area contributed by atoms with Gasteiger partial charge in [0.05, 0.1) is 29.0 Å². The summed E-state index contributed by atoms with van der Waals surface area (Å²) in [6.45, 7) is 7.11. The Balaban J connectivity index is 2.08. The summed E-state index contributed by atoms with van der Waals surface area (Å²) < 4.78 is 13.1. The smallest absolute Gasteiger partial charge is 0.338 e. The van der Waals surface area contributed by atoms with Crippen molar-refractivity contribution in [1.82, 2.24) is 4.57 Å². The molecule has 0 spiro atoms. The second kappa shape index (κ2) is 9.15. The van der Waals surface area contributed by atoms with Crippen LogP contribution < -0.4 is 4.80 Å². The lowest BCUT2D eigenvalue weighted by molar-refractivity contribution is 0.0526. The van der Waals surface area contributed by atoms with Crippen molar-refractivity contribution >= 4 is 33.4 Å². The molecule has 0 bridgehead atoms. The molecule has 0 aliphatic heterocycles. The summed E-state index contributed by atoms with van der Waals surface area (Å²) in [6, 6.07) is 10.9. The van der Waals surface area contributed by atoms with Crippen LogP contribution in [0.3, 0.4) is 0 Å². The summed E-state index contributed by atoms with van der Waals surface area (Å²) >= 11 is 1.37. The van der Waals surface area contributed by atoms with Crippen molar-refractivity contribution < 1.29 is 19.1 Å². The number of thiazole rings is 1. The van der Waals surface area contributed by atoms with Gasteiger partial charge in [-0.05, 0) is 62.2 Å². The second-order valence-electron chi connectivity index (χ2n) is 6.65. The predicted octanol–water partition coefficient (Wildman–Crippen LogP) is 3.88. The van der Waals surface area contributed by atoms with Gasteiger partial charge in [0.25, 0.3) is 5.91 Å². The highest BCUT2D eigenvalue weighted by atomic mass is 32.1. The number of aryl methyl sites for hydroxylation is 2. The largest absolute Gasteiger partial charge is 0.462 e. The molecule has 0 atom stereocenters. The van der Waals surface area contributed by atoms with E-state index in [9.17, 15) is 9.59 Å². The summed E-state index contributed by atoms with van der Waals surface area (Å²) in [7, 11) is 1.63. The van der Waals surface area contributed by atoms with Gasteiger partial charge in [-0.15, -0.1) is 0 Å². The molecule has 0 saturated heterocycles. The number of amides is 1. The molecule has 0 radical (unpaired) electrons. The van der Waals surface area contributed by atoms with Gasteiger partial charge < -0.3 is 14.0 Å². The van der Waals surface area contributed by atoms with E-state index < -0.39 is 0 Å². The van der Waals surface area contributed by atoms with Gasteiger partial charge in [0.2, 0.25) is 0 Å². The van der Waals surface area contributed by atoms with E-state index in [4.69, 9.17) is 9.47 Å². The first-order valence-corrected chi connectivity index (χ1v) is 10.2. The quantitative estimate of drug-likeness (QED) is 0.576. The number of esters is 1. The van der Waals surface area contributed by atoms with Gasteiger partial charge in [-0.3, -0.25) is 4.79 Å². The van der Waals surface area contributed by atoms with Gasteiger partial charge in [-0.25, -0.2) is 4.79 Å². The lowest BCUT2D eigenvalue weighted by atomic mass is 10.1. The summed E-state index contributed by atoms with van der Waals surface area (Å²) in [4.78, 5) is 29.8. The summed E-state index contributed by atoms with van der Waals surface area (Å²) in [5, 5.41) is 0. The summed E-state index contributed by atoms with van der Waals surface area (Å²) in [6.07, 6.45) is 0. The molecule has 0 aliphatic rings. The molecule has 3 aromatic rings. The normalized spacial score (nSPS) is 11.8. The fourth-order valence-corrected chi connectivity index (χ4v) is 4.02. The highest BCUT2D eigenvalue weighted by molar-refractivity contribution is 7.16. The van der Waals surface area contributed by atoms with Crippen LogP contribution in [-0.4, -0.2) is 36.8 Å². The number of rotatable bonds is 6. The van der Waals surface area contributed by atoms with Crippen LogP contribution in [0.15, 0.2) is 41.4 Å². The Morgan fingerprint density at radius 1 is 1.07 bits per heavy atom. The fourth-order valence-electron chi connectivity index (χ4n) is 2.92. The number of methoxy groups -OCH3 is 1.